The van der Waals surface area contributed by atoms with Crippen molar-refractivity contribution in [3.8, 4) is 0 Å². The van der Waals surface area contributed by atoms with Crippen LogP contribution >= 0.6 is 0 Å². The number of aryl methyl sites for hydroxylation is 1. The van der Waals surface area contributed by atoms with E-state index in [1.165, 1.54) is 6.42 Å². The summed E-state index contributed by atoms with van der Waals surface area (Å²) in [5.74, 6) is -1.11. The standard InChI is InChI=1S/C16H24N2O3/c1-9-7-5-6-8-13(9)18-12(4)14(10(2)15(19)20)11(3)17-16(18)21/h9-10,13H,5-8H2,1-4H3,(H,19,20). The highest BCUT2D eigenvalue weighted by Gasteiger charge is 2.28. The van der Waals surface area contributed by atoms with Crippen LogP contribution in [0.1, 0.15) is 68.4 Å². The molecule has 0 amide bonds. The van der Waals surface area contributed by atoms with E-state index >= 15 is 0 Å². The van der Waals surface area contributed by atoms with E-state index in [4.69, 9.17) is 0 Å². The quantitative estimate of drug-likeness (QED) is 0.929. The van der Waals surface area contributed by atoms with Gasteiger partial charge in [0.1, 0.15) is 0 Å². The molecule has 1 aromatic heterocycles. The van der Waals surface area contributed by atoms with Crippen molar-refractivity contribution in [1.29, 1.82) is 0 Å². The summed E-state index contributed by atoms with van der Waals surface area (Å²) in [7, 11) is 0. The van der Waals surface area contributed by atoms with Crippen LogP contribution in [0.3, 0.4) is 0 Å². The number of carboxylic acid groups (broad SMARTS) is 1. The molecule has 0 saturated heterocycles. The molecule has 0 spiro atoms. The lowest BCUT2D eigenvalue weighted by Crippen LogP contribution is -2.36. The van der Waals surface area contributed by atoms with Crippen molar-refractivity contribution in [3.05, 3.63) is 27.4 Å². The number of nitrogens with zero attached hydrogens (tertiary/aromatic N) is 2. The summed E-state index contributed by atoms with van der Waals surface area (Å²) in [6, 6.07) is 0.138. The van der Waals surface area contributed by atoms with E-state index in [9.17, 15) is 14.7 Å². The number of carbonyl (C=O) groups is 1. The normalized spacial score (nSPS) is 23.8. The summed E-state index contributed by atoms with van der Waals surface area (Å²) in [6.45, 7) is 7.39. The van der Waals surface area contributed by atoms with E-state index in [1.807, 2.05) is 6.92 Å². The van der Waals surface area contributed by atoms with Crippen molar-refractivity contribution in [2.45, 2.75) is 65.3 Å². The van der Waals surface area contributed by atoms with Crippen LogP contribution in [-0.2, 0) is 4.79 Å². The minimum Gasteiger partial charge on any atom is -0.481 e. The van der Waals surface area contributed by atoms with Gasteiger partial charge in [0.25, 0.3) is 0 Å². The minimum absolute atomic E-state index is 0.138. The van der Waals surface area contributed by atoms with Gasteiger partial charge in [-0.15, -0.1) is 0 Å². The molecule has 1 aliphatic rings. The third-order valence-corrected chi connectivity index (χ3v) is 4.81. The minimum atomic E-state index is -0.884. The Labute approximate surface area is 125 Å². The summed E-state index contributed by atoms with van der Waals surface area (Å²) in [4.78, 5) is 27.8. The van der Waals surface area contributed by atoms with Crippen molar-refractivity contribution >= 4 is 5.97 Å². The Balaban J connectivity index is 2.58. The van der Waals surface area contributed by atoms with Crippen LogP contribution in [0.2, 0.25) is 0 Å². The van der Waals surface area contributed by atoms with Gasteiger partial charge in [-0.2, -0.15) is 4.98 Å². The lowest BCUT2D eigenvalue weighted by molar-refractivity contribution is -0.138. The molecule has 1 saturated carbocycles. The molecule has 1 fully saturated rings. The molecule has 1 heterocycles. The number of hydrogen-bond donors (Lipinski definition) is 1. The van der Waals surface area contributed by atoms with Crippen LogP contribution < -0.4 is 5.69 Å². The highest BCUT2D eigenvalue weighted by molar-refractivity contribution is 5.76. The molecular formula is C16H24N2O3. The van der Waals surface area contributed by atoms with Gasteiger partial charge in [-0.25, -0.2) is 4.79 Å². The second kappa shape index (κ2) is 6.00. The summed E-state index contributed by atoms with van der Waals surface area (Å²) in [6.07, 6.45) is 4.38. The van der Waals surface area contributed by atoms with Crippen molar-refractivity contribution in [1.82, 2.24) is 9.55 Å². The predicted molar refractivity (Wildman–Crippen MR) is 80.7 cm³/mol. The average Bonchev–Trinajstić information content (AvgIpc) is 2.40. The fraction of sp³-hybridized carbons (Fsp3) is 0.688. The van der Waals surface area contributed by atoms with Gasteiger partial charge in [-0.05, 0) is 39.5 Å². The molecule has 116 valence electrons. The molecule has 1 aliphatic carbocycles. The van der Waals surface area contributed by atoms with Crippen LogP contribution in [0.25, 0.3) is 0 Å². The first-order chi connectivity index (χ1) is 9.84. The van der Waals surface area contributed by atoms with Crippen molar-refractivity contribution < 1.29 is 9.90 Å². The number of aliphatic carboxylic acids is 1. The molecule has 5 nitrogen and oxygen atoms in total. The average molecular weight is 292 g/mol. The highest BCUT2D eigenvalue weighted by atomic mass is 16.4. The molecule has 3 atom stereocenters. The zero-order valence-corrected chi connectivity index (χ0v) is 13.2. The third kappa shape index (κ3) is 2.87. The lowest BCUT2D eigenvalue weighted by Gasteiger charge is -2.32. The maximum Gasteiger partial charge on any atom is 0.348 e. The van der Waals surface area contributed by atoms with Gasteiger partial charge in [0, 0.05) is 23.0 Å². The third-order valence-electron chi connectivity index (χ3n) is 4.81. The molecule has 1 aromatic rings. The largest absolute Gasteiger partial charge is 0.481 e. The first-order valence-electron chi connectivity index (χ1n) is 7.67. The molecular weight excluding hydrogens is 268 g/mol. The van der Waals surface area contributed by atoms with Crippen LogP contribution in [0.5, 0.6) is 0 Å². The van der Waals surface area contributed by atoms with E-state index in [2.05, 4.69) is 11.9 Å². The summed E-state index contributed by atoms with van der Waals surface area (Å²) in [5, 5.41) is 9.29. The maximum absolute atomic E-state index is 12.4. The van der Waals surface area contributed by atoms with Crippen molar-refractivity contribution in [2.24, 2.45) is 5.92 Å². The van der Waals surface area contributed by atoms with Crippen LogP contribution in [0, 0.1) is 19.8 Å². The van der Waals surface area contributed by atoms with Crippen LogP contribution in [-0.4, -0.2) is 20.6 Å². The van der Waals surface area contributed by atoms with E-state index < -0.39 is 11.9 Å². The van der Waals surface area contributed by atoms with Gasteiger partial charge < -0.3 is 5.11 Å². The maximum atomic E-state index is 12.4. The molecule has 0 aliphatic heterocycles. The Morgan fingerprint density at radius 3 is 2.52 bits per heavy atom. The van der Waals surface area contributed by atoms with E-state index in [1.54, 1.807) is 18.4 Å². The Morgan fingerprint density at radius 2 is 1.95 bits per heavy atom. The molecule has 21 heavy (non-hydrogen) atoms. The first-order valence-corrected chi connectivity index (χ1v) is 7.67. The molecule has 0 bridgehead atoms. The number of rotatable bonds is 3. The Bertz CT molecular complexity index is 606. The molecule has 1 N–H and O–H groups in total. The zero-order valence-electron chi connectivity index (χ0n) is 13.2. The van der Waals surface area contributed by atoms with E-state index in [0.717, 1.165) is 25.0 Å². The second-order valence-electron chi connectivity index (χ2n) is 6.24. The Hall–Kier alpha value is -1.65. The summed E-state index contributed by atoms with van der Waals surface area (Å²) < 4.78 is 1.74. The fourth-order valence-corrected chi connectivity index (χ4v) is 3.61. The monoisotopic (exact) mass is 292 g/mol. The molecule has 3 unspecified atom stereocenters. The Kier molecular flexibility index (Phi) is 4.49. The number of hydrogen-bond acceptors (Lipinski definition) is 3. The first kappa shape index (κ1) is 15.7. The number of aromatic nitrogens is 2. The topological polar surface area (TPSA) is 72.2 Å². The van der Waals surface area contributed by atoms with E-state index in [-0.39, 0.29) is 11.7 Å². The van der Waals surface area contributed by atoms with Gasteiger partial charge in [0.05, 0.1) is 5.92 Å². The smallest absolute Gasteiger partial charge is 0.348 e. The van der Waals surface area contributed by atoms with Gasteiger partial charge >= 0.3 is 11.7 Å². The lowest BCUT2D eigenvalue weighted by atomic mass is 9.85. The molecule has 2 rings (SSSR count). The van der Waals surface area contributed by atoms with E-state index in [0.29, 0.717) is 17.2 Å². The predicted octanol–water partition coefficient (Wildman–Crippen LogP) is 2.80. The summed E-state index contributed by atoms with van der Waals surface area (Å²) >= 11 is 0. The molecule has 0 aromatic carbocycles. The van der Waals surface area contributed by atoms with Crippen LogP contribution in [0.15, 0.2) is 4.79 Å². The second-order valence-corrected chi connectivity index (χ2v) is 6.24. The fourth-order valence-electron chi connectivity index (χ4n) is 3.61. The number of carboxylic acids is 1. The van der Waals surface area contributed by atoms with Gasteiger partial charge in [-0.3, -0.25) is 9.36 Å². The van der Waals surface area contributed by atoms with Gasteiger partial charge in [0.15, 0.2) is 0 Å². The van der Waals surface area contributed by atoms with Crippen molar-refractivity contribution in [3.63, 3.8) is 0 Å². The summed E-state index contributed by atoms with van der Waals surface area (Å²) in [5.41, 5.74) is 1.73. The highest BCUT2D eigenvalue weighted by Crippen LogP contribution is 2.34. The van der Waals surface area contributed by atoms with Crippen LogP contribution in [0.4, 0.5) is 0 Å². The van der Waals surface area contributed by atoms with Crippen molar-refractivity contribution in [2.75, 3.05) is 0 Å². The molecule has 5 heteroatoms. The zero-order chi connectivity index (χ0) is 15.7. The van der Waals surface area contributed by atoms with Gasteiger partial charge in [-0.1, -0.05) is 19.8 Å². The molecule has 0 radical (unpaired) electrons. The van der Waals surface area contributed by atoms with Gasteiger partial charge in [0.2, 0.25) is 0 Å². The SMILES string of the molecule is Cc1nc(=O)n(C2CCCCC2C)c(C)c1C(C)C(=O)O. The Morgan fingerprint density at radius 1 is 1.33 bits per heavy atom.